The number of aromatic amines is 2. The van der Waals surface area contributed by atoms with E-state index in [0.29, 0.717) is 28.7 Å². The van der Waals surface area contributed by atoms with Gasteiger partial charge in [-0.1, -0.05) is 12.1 Å². The summed E-state index contributed by atoms with van der Waals surface area (Å²) >= 11 is 0. The minimum absolute atomic E-state index is 0.219. The fourth-order valence-corrected chi connectivity index (χ4v) is 3.98. The molecule has 0 spiro atoms. The largest absolute Gasteiger partial charge is 0.493 e. The number of rotatable bonds is 6. The highest BCUT2D eigenvalue weighted by Gasteiger charge is 2.20. The first kappa shape index (κ1) is 21.7. The minimum Gasteiger partial charge on any atom is -0.493 e. The first-order valence-electron chi connectivity index (χ1n) is 11.4. The van der Waals surface area contributed by atoms with E-state index >= 15 is 0 Å². The molecule has 0 atom stereocenters. The zero-order valence-electron chi connectivity index (χ0n) is 18.9. The Morgan fingerprint density at radius 1 is 1.22 bits per heavy atom. The van der Waals surface area contributed by atoms with Gasteiger partial charge in [0.1, 0.15) is 17.3 Å². The van der Waals surface area contributed by atoms with Gasteiger partial charge in [0.25, 0.3) is 0 Å². The van der Waals surface area contributed by atoms with Crippen molar-refractivity contribution in [3.63, 3.8) is 0 Å². The first-order chi connectivity index (χ1) is 17.5. The van der Waals surface area contributed by atoms with Gasteiger partial charge in [0.2, 0.25) is 5.88 Å². The summed E-state index contributed by atoms with van der Waals surface area (Å²) < 4.78 is 15.8. The van der Waals surface area contributed by atoms with Crippen molar-refractivity contribution < 1.29 is 9.50 Å². The van der Waals surface area contributed by atoms with E-state index in [1.54, 1.807) is 41.3 Å². The number of fused-ring (bicyclic) bond motifs is 1. The number of aromatic nitrogens is 6. The molecule has 4 heterocycles. The van der Waals surface area contributed by atoms with Gasteiger partial charge < -0.3 is 15.4 Å². The van der Waals surface area contributed by atoms with E-state index in [1.807, 2.05) is 12.1 Å². The van der Waals surface area contributed by atoms with Gasteiger partial charge in [-0.3, -0.25) is 15.0 Å². The van der Waals surface area contributed by atoms with Crippen molar-refractivity contribution in [1.82, 2.24) is 29.5 Å². The maximum absolute atomic E-state index is 14.1. The van der Waals surface area contributed by atoms with Crippen molar-refractivity contribution in [1.29, 1.82) is 0 Å². The average molecular weight is 484 g/mol. The van der Waals surface area contributed by atoms with Crippen molar-refractivity contribution in [2.45, 2.75) is 25.4 Å². The van der Waals surface area contributed by atoms with Crippen LogP contribution in [0, 0.1) is 5.82 Å². The van der Waals surface area contributed by atoms with E-state index in [9.17, 15) is 14.3 Å². The summed E-state index contributed by atoms with van der Waals surface area (Å²) in [7, 11) is 0. The summed E-state index contributed by atoms with van der Waals surface area (Å²) in [4.78, 5) is 30.0. The quantitative estimate of drug-likeness (QED) is 0.291. The van der Waals surface area contributed by atoms with Crippen LogP contribution >= 0.6 is 0 Å². The second-order valence-electron chi connectivity index (χ2n) is 8.58. The molecule has 36 heavy (non-hydrogen) atoms. The minimum atomic E-state index is -0.519. The number of nitrogens with zero attached hydrogens (tertiary/aromatic N) is 5. The van der Waals surface area contributed by atoms with Crippen LogP contribution in [0.1, 0.15) is 24.1 Å². The summed E-state index contributed by atoms with van der Waals surface area (Å²) in [5.41, 5.74) is 3.32. The molecular formula is C25H21FN8O2. The monoisotopic (exact) mass is 484 g/mol. The van der Waals surface area contributed by atoms with Gasteiger partial charge in [-0.25, -0.2) is 14.2 Å². The van der Waals surface area contributed by atoms with Crippen LogP contribution in [-0.4, -0.2) is 40.7 Å². The third kappa shape index (κ3) is 4.33. The highest BCUT2D eigenvalue weighted by Crippen LogP contribution is 2.25. The molecule has 0 amide bonds. The predicted molar refractivity (Wildman–Crippen MR) is 130 cm³/mol. The molecule has 10 nitrogen and oxygen atoms in total. The second kappa shape index (κ2) is 8.77. The lowest BCUT2D eigenvalue weighted by Gasteiger charge is -2.12. The molecule has 0 bridgehead atoms. The molecule has 0 unspecified atom stereocenters. The number of hydrogen-bond acceptors (Lipinski definition) is 7. The van der Waals surface area contributed by atoms with Crippen molar-refractivity contribution in [3.05, 3.63) is 93.3 Å². The molecule has 1 fully saturated rings. The Hall–Kier alpha value is -4.80. The van der Waals surface area contributed by atoms with E-state index in [0.717, 1.165) is 29.5 Å². The number of hydrogen-bond donors (Lipinski definition) is 4. The maximum atomic E-state index is 14.1. The summed E-state index contributed by atoms with van der Waals surface area (Å²) in [5.74, 6) is -0.0731. The molecular weight excluding hydrogens is 463 g/mol. The standard InChI is InChI=1S/C25H21FN8O2/c26-17-3-6-19(14-2-1-7-27-11-14)15(8-17)12-28-21-10-22(30-18-4-5-18)34-23(32-21)16(13-29-34)9-20-24(35)33-25(36)31-20/h1-3,6-11,13,18,28,35H,4-5,12H2,(H2,31,33,36). The van der Waals surface area contributed by atoms with Crippen LogP contribution in [0.3, 0.4) is 0 Å². The molecule has 5 aromatic rings. The molecule has 1 saturated carbocycles. The number of pyridine rings is 1. The van der Waals surface area contributed by atoms with E-state index in [4.69, 9.17) is 9.98 Å². The Labute approximate surface area is 202 Å². The number of H-pyrrole nitrogens is 2. The molecule has 4 aromatic heterocycles. The summed E-state index contributed by atoms with van der Waals surface area (Å²) in [6.45, 7) is 0.313. The fraction of sp³-hybridized carbons (Fsp3) is 0.160. The number of halogens is 1. The van der Waals surface area contributed by atoms with Crippen LogP contribution in [0.5, 0.6) is 5.88 Å². The van der Waals surface area contributed by atoms with Gasteiger partial charge in [-0.05, 0) is 48.2 Å². The maximum Gasteiger partial charge on any atom is 0.326 e. The molecule has 1 aliphatic rings. The van der Waals surface area contributed by atoms with Gasteiger partial charge in [0.05, 0.1) is 12.2 Å². The van der Waals surface area contributed by atoms with E-state index in [-0.39, 0.29) is 23.4 Å². The van der Waals surface area contributed by atoms with Crippen LogP contribution < -0.4 is 21.7 Å². The molecule has 6 rings (SSSR count). The van der Waals surface area contributed by atoms with Gasteiger partial charge in [0.15, 0.2) is 11.1 Å². The van der Waals surface area contributed by atoms with Crippen LogP contribution in [0.15, 0.2) is 64.8 Å². The van der Waals surface area contributed by atoms with Crippen molar-refractivity contribution in [2.75, 3.05) is 5.32 Å². The molecule has 0 aliphatic heterocycles. The predicted octanol–water partition coefficient (Wildman–Crippen LogP) is 1.88. The highest BCUT2D eigenvalue weighted by atomic mass is 19.1. The third-order valence-electron chi connectivity index (χ3n) is 5.88. The Morgan fingerprint density at radius 2 is 2.11 bits per heavy atom. The zero-order chi connectivity index (χ0) is 24.6. The summed E-state index contributed by atoms with van der Waals surface area (Å²) in [6, 6.07) is 10.5. The van der Waals surface area contributed by atoms with E-state index in [1.165, 1.54) is 12.1 Å². The molecule has 0 saturated heterocycles. The van der Waals surface area contributed by atoms with Crippen molar-refractivity contribution in [2.24, 2.45) is 4.99 Å². The topological polar surface area (TPSA) is 136 Å². The molecule has 11 heteroatoms. The van der Waals surface area contributed by atoms with Gasteiger partial charge in [-0.2, -0.15) is 9.61 Å². The normalized spacial score (nSPS) is 14.6. The average Bonchev–Trinajstić information content (AvgIpc) is 3.51. The second-order valence-corrected chi connectivity index (χ2v) is 8.58. The highest BCUT2D eigenvalue weighted by molar-refractivity contribution is 5.67. The number of nitrogens with one attached hydrogen (secondary N) is 3. The Bertz CT molecular complexity index is 1750. The molecule has 1 aliphatic carbocycles. The van der Waals surface area contributed by atoms with Crippen LogP contribution in [-0.2, 0) is 6.54 Å². The van der Waals surface area contributed by atoms with Gasteiger partial charge >= 0.3 is 5.69 Å². The molecule has 180 valence electrons. The van der Waals surface area contributed by atoms with Gasteiger partial charge in [-0.15, -0.1) is 0 Å². The third-order valence-corrected chi connectivity index (χ3v) is 5.88. The molecule has 0 radical (unpaired) electrons. The summed E-state index contributed by atoms with van der Waals surface area (Å²) in [5, 5.41) is 18.3. The van der Waals surface area contributed by atoms with Crippen molar-refractivity contribution in [3.8, 4) is 17.0 Å². The summed E-state index contributed by atoms with van der Waals surface area (Å²) in [6.07, 6.45) is 8.64. The van der Waals surface area contributed by atoms with Crippen LogP contribution in [0.25, 0.3) is 22.9 Å². The smallest absolute Gasteiger partial charge is 0.326 e. The zero-order valence-corrected chi connectivity index (χ0v) is 18.9. The lowest BCUT2D eigenvalue weighted by molar-refractivity contribution is 0.454. The van der Waals surface area contributed by atoms with E-state index < -0.39 is 5.69 Å². The lowest BCUT2D eigenvalue weighted by atomic mass is 10.0. The SMILES string of the molecule is O=c1[nH]c(O)c(C=c2cnn3c(=NC4CC4)cc(NCc4cc(F)ccc4-c4cccnc4)nc23)[nH]1. The molecule has 1 aromatic carbocycles. The number of imidazole rings is 1. The number of aromatic hydroxyl groups is 1. The van der Waals surface area contributed by atoms with Gasteiger partial charge in [0, 0.05) is 35.8 Å². The number of benzene rings is 1. The lowest BCUT2D eigenvalue weighted by Crippen LogP contribution is -2.20. The first-order valence-corrected chi connectivity index (χ1v) is 11.4. The number of anilines is 1. The molecule has 4 N–H and O–H groups in total. The van der Waals surface area contributed by atoms with Crippen molar-refractivity contribution >= 4 is 17.5 Å². The Morgan fingerprint density at radius 3 is 2.86 bits per heavy atom. The Balaban J connectivity index is 1.41. The van der Waals surface area contributed by atoms with Crippen LogP contribution in [0.2, 0.25) is 0 Å². The fourth-order valence-electron chi connectivity index (χ4n) is 3.98. The van der Waals surface area contributed by atoms with Crippen LogP contribution in [0.4, 0.5) is 10.2 Å². The Kier molecular flexibility index (Phi) is 5.29. The van der Waals surface area contributed by atoms with E-state index in [2.05, 4.69) is 25.4 Å².